The lowest BCUT2D eigenvalue weighted by Crippen LogP contribution is -2.66. The van der Waals surface area contributed by atoms with Crippen LogP contribution < -0.4 is 0 Å². The van der Waals surface area contributed by atoms with E-state index < -0.39 is 0 Å². The highest BCUT2D eigenvalue weighted by molar-refractivity contribution is 7.09. The molecule has 1 amide bonds. The molecule has 2 fully saturated rings. The van der Waals surface area contributed by atoms with Gasteiger partial charge in [0, 0.05) is 37.8 Å². The lowest BCUT2D eigenvalue weighted by Gasteiger charge is -2.53. The van der Waals surface area contributed by atoms with E-state index in [4.69, 9.17) is 0 Å². The highest BCUT2D eigenvalue weighted by Crippen LogP contribution is 2.41. The third-order valence-corrected chi connectivity index (χ3v) is 5.97. The van der Waals surface area contributed by atoms with Crippen LogP contribution in [0.25, 0.3) is 0 Å². The maximum Gasteiger partial charge on any atom is 0.232 e. The number of hydrogen-bond donors (Lipinski definition) is 0. The summed E-state index contributed by atoms with van der Waals surface area (Å²) in [6.45, 7) is 6.43. The Morgan fingerprint density at radius 2 is 2.21 bits per heavy atom. The van der Waals surface area contributed by atoms with E-state index in [0.717, 1.165) is 49.6 Å². The predicted molar refractivity (Wildman–Crippen MR) is 92.4 cm³/mol. The van der Waals surface area contributed by atoms with Crippen LogP contribution in [0.2, 0.25) is 0 Å². The standard InChI is InChI=1S/C17H23N5OS/c1-13-6-14(20(2)19-13)8-21-5-3-4-17(10-21)11-22(16(17)23)9-15-7-18-12-24-15/h6-7,12H,3-5,8-11H2,1-2H3/t17-/m1/s1. The van der Waals surface area contributed by atoms with Gasteiger partial charge in [-0.3, -0.25) is 19.4 Å². The normalized spacial score (nSPS) is 24.6. The van der Waals surface area contributed by atoms with Crippen molar-refractivity contribution in [2.24, 2.45) is 12.5 Å². The molecule has 0 saturated carbocycles. The molecule has 0 N–H and O–H groups in total. The molecule has 0 radical (unpaired) electrons. The molecule has 2 aliphatic heterocycles. The predicted octanol–water partition coefficient (Wildman–Crippen LogP) is 1.81. The zero-order valence-corrected chi connectivity index (χ0v) is 15.1. The highest BCUT2D eigenvalue weighted by atomic mass is 32.1. The topological polar surface area (TPSA) is 54.3 Å². The second-order valence-electron chi connectivity index (χ2n) is 7.12. The molecule has 7 heteroatoms. The van der Waals surface area contributed by atoms with E-state index in [1.807, 2.05) is 35.3 Å². The monoisotopic (exact) mass is 345 g/mol. The van der Waals surface area contributed by atoms with E-state index in [-0.39, 0.29) is 5.41 Å². The summed E-state index contributed by atoms with van der Waals surface area (Å²) in [6.07, 6.45) is 3.98. The maximum atomic E-state index is 12.8. The molecular weight excluding hydrogens is 322 g/mol. The smallest absolute Gasteiger partial charge is 0.232 e. The van der Waals surface area contributed by atoms with Gasteiger partial charge in [-0.1, -0.05) is 0 Å². The summed E-state index contributed by atoms with van der Waals surface area (Å²) in [6, 6.07) is 2.14. The summed E-state index contributed by atoms with van der Waals surface area (Å²) in [5.41, 5.74) is 3.94. The number of hydrogen-bond acceptors (Lipinski definition) is 5. The van der Waals surface area contributed by atoms with Crippen molar-refractivity contribution in [1.82, 2.24) is 24.6 Å². The quantitative estimate of drug-likeness (QED) is 0.793. The van der Waals surface area contributed by atoms with Crippen LogP contribution in [-0.2, 0) is 24.9 Å². The number of carbonyl (C=O) groups excluding carboxylic acids is 1. The van der Waals surface area contributed by atoms with Gasteiger partial charge in [-0.05, 0) is 32.4 Å². The van der Waals surface area contributed by atoms with Crippen LogP contribution in [0.1, 0.15) is 29.1 Å². The molecule has 2 aromatic heterocycles. The first-order valence-electron chi connectivity index (χ1n) is 8.44. The van der Waals surface area contributed by atoms with Crippen molar-refractivity contribution < 1.29 is 4.79 Å². The number of nitrogens with zero attached hydrogens (tertiary/aromatic N) is 5. The molecule has 0 aromatic carbocycles. The molecule has 0 aliphatic carbocycles. The van der Waals surface area contributed by atoms with Gasteiger partial charge in [0.25, 0.3) is 0 Å². The van der Waals surface area contributed by atoms with E-state index in [0.29, 0.717) is 12.5 Å². The highest BCUT2D eigenvalue weighted by Gasteiger charge is 2.53. The SMILES string of the molecule is Cc1cc(CN2CCC[C@@]3(C2)CN(Cc2cncs2)C3=O)n(C)n1. The number of β-lactam (4-membered cyclic amide) rings is 1. The summed E-state index contributed by atoms with van der Waals surface area (Å²) < 4.78 is 1.95. The zero-order chi connectivity index (χ0) is 16.7. The van der Waals surface area contributed by atoms with Crippen LogP contribution in [0.4, 0.5) is 0 Å². The van der Waals surface area contributed by atoms with Crippen LogP contribution in [0.15, 0.2) is 17.8 Å². The largest absolute Gasteiger partial charge is 0.336 e. The molecule has 0 bridgehead atoms. The van der Waals surface area contributed by atoms with Crippen LogP contribution in [0.3, 0.4) is 0 Å². The van der Waals surface area contributed by atoms with Crippen molar-refractivity contribution in [2.75, 3.05) is 19.6 Å². The Balaban J connectivity index is 1.40. The second-order valence-corrected chi connectivity index (χ2v) is 8.10. The van der Waals surface area contributed by atoms with E-state index in [2.05, 4.69) is 21.0 Å². The summed E-state index contributed by atoms with van der Waals surface area (Å²) >= 11 is 1.62. The lowest BCUT2D eigenvalue weighted by atomic mass is 9.72. The Kier molecular flexibility index (Phi) is 3.92. The van der Waals surface area contributed by atoms with E-state index in [1.165, 1.54) is 5.69 Å². The Bertz CT molecular complexity index is 740. The molecule has 1 atom stereocenters. The number of amides is 1. The Hall–Kier alpha value is -1.73. The van der Waals surface area contributed by atoms with E-state index in [9.17, 15) is 4.79 Å². The van der Waals surface area contributed by atoms with Crippen LogP contribution in [-0.4, -0.2) is 50.1 Å². The fourth-order valence-corrected chi connectivity index (χ4v) is 4.70. The minimum Gasteiger partial charge on any atom is -0.336 e. The average Bonchev–Trinajstić information content (AvgIpc) is 3.17. The number of likely N-dealkylation sites (tertiary alicyclic amines) is 2. The number of rotatable bonds is 4. The fraction of sp³-hybridized carbons (Fsp3) is 0.588. The molecule has 6 nitrogen and oxygen atoms in total. The minimum atomic E-state index is -0.156. The van der Waals surface area contributed by atoms with Gasteiger partial charge in [0.2, 0.25) is 5.91 Å². The van der Waals surface area contributed by atoms with Crippen molar-refractivity contribution in [1.29, 1.82) is 0 Å². The van der Waals surface area contributed by atoms with Crippen LogP contribution in [0, 0.1) is 12.3 Å². The summed E-state index contributed by atoms with van der Waals surface area (Å²) in [7, 11) is 1.99. The third-order valence-electron chi connectivity index (χ3n) is 5.21. The van der Waals surface area contributed by atoms with Crippen molar-refractivity contribution >= 4 is 17.2 Å². The van der Waals surface area contributed by atoms with E-state index >= 15 is 0 Å². The molecule has 4 rings (SSSR count). The van der Waals surface area contributed by atoms with Crippen molar-refractivity contribution in [3.63, 3.8) is 0 Å². The Labute approximate surface area is 146 Å². The molecule has 4 heterocycles. The van der Waals surface area contributed by atoms with Gasteiger partial charge in [-0.15, -0.1) is 11.3 Å². The summed E-state index contributed by atoms with van der Waals surface area (Å²) in [4.78, 5) is 22.5. The Morgan fingerprint density at radius 1 is 1.33 bits per heavy atom. The zero-order valence-electron chi connectivity index (χ0n) is 14.2. The number of aryl methyl sites for hydroxylation is 2. The maximum absolute atomic E-state index is 12.8. The first kappa shape index (κ1) is 15.8. The Morgan fingerprint density at radius 3 is 2.88 bits per heavy atom. The minimum absolute atomic E-state index is 0.156. The average molecular weight is 345 g/mol. The summed E-state index contributed by atoms with van der Waals surface area (Å²) in [5.74, 6) is 0.321. The van der Waals surface area contributed by atoms with Crippen molar-refractivity contribution in [2.45, 2.75) is 32.9 Å². The van der Waals surface area contributed by atoms with Crippen LogP contribution in [0.5, 0.6) is 0 Å². The van der Waals surface area contributed by atoms with Gasteiger partial charge in [0.15, 0.2) is 0 Å². The lowest BCUT2D eigenvalue weighted by molar-refractivity contribution is -0.167. The van der Waals surface area contributed by atoms with Gasteiger partial charge in [0.1, 0.15) is 0 Å². The molecule has 24 heavy (non-hydrogen) atoms. The molecule has 0 unspecified atom stereocenters. The molecule has 2 aromatic rings. The molecule has 2 saturated heterocycles. The van der Waals surface area contributed by atoms with Gasteiger partial charge in [-0.2, -0.15) is 5.10 Å². The van der Waals surface area contributed by atoms with Crippen molar-refractivity contribution in [3.05, 3.63) is 34.0 Å². The molecule has 1 spiro atoms. The summed E-state index contributed by atoms with van der Waals surface area (Å²) in [5, 5.41) is 4.43. The van der Waals surface area contributed by atoms with Gasteiger partial charge in [0.05, 0.1) is 28.9 Å². The first-order chi connectivity index (χ1) is 11.6. The number of piperidine rings is 1. The number of thiazole rings is 1. The third kappa shape index (κ3) is 2.75. The molecule has 128 valence electrons. The number of aromatic nitrogens is 3. The second kappa shape index (κ2) is 5.97. The van der Waals surface area contributed by atoms with E-state index in [1.54, 1.807) is 11.3 Å². The van der Waals surface area contributed by atoms with Crippen molar-refractivity contribution in [3.8, 4) is 0 Å². The van der Waals surface area contributed by atoms with Gasteiger partial charge in [-0.25, -0.2) is 0 Å². The number of carbonyl (C=O) groups is 1. The van der Waals surface area contributed by atoms with Gasteiger partial charge >= 0.3 is 0 Å². The van der Waals surface area contributed by atoms with Gasteiger partial charge < -0.3 is 4.90 Å². The first-order valence-corrected chi connectivity index (χ1v) is 9.32. The fourth-order valence-electron chi connectivity index (χ4n) is 4.09. The molecular formula is C17H23N5OS. The van der Waals surface area contributed by atoms with Crippen LogP contribution >= 0.6 is 11.3 Å². The molecule has 2 aliphatic rings.